The van der Waals surface area contributed by atoms with Gasteiger partial charge in [-0.05, 0) is 52.6 Å². The molecule has 0 saturated carbocycles. The lowest BCUT2D eigenvalue weighted by atomic mass is 9.84. The van der Waals surface area contributed by atoms with E-state index in [1.807, 2.05) is 86.0 Å². The van der Waals surface area contributed by atoms with Gasteiger partial charge in [0.15, 0.2) is 0 Å². The Bertz CT molecular complexity index is 1610. The number of thiophene rings is 1. The van der Waals surface area contributed by atoms with Crippen molar-refractivity contribution in [3.8, 4) is 0 Å². The van der Waals surface area contributed by atoms with Gasteiger partial charge in [0.05, 0.1) is 31.2 Å². The Hall–Kier alpha value is -4.03. The molecule has 4 rings (SSSR count). The number of methoxy groups -OCH3 is 1. The Labute approximate surface area is 275 Å². The Morgan fingerprint density at radius 2 is 1.46 bits per heavy atom. The fourth-order valence-corrected chi connectivity index (χ4v) is 7.77. The van der Waals surface area contributed by atoms with Gasteiger partial charge in [-0.25, -0.2) is 13.2 Å². The first kappa shape index (κ1) is 34.8. The van der Waals surface area contributed by atoms with Crippen LogP contribution in [0.4, 0.5) is 4.79 Å². The fraction of sp³-hybridized carbons (Fsp3) is 0.314. The van der Waals surface area contributed by atoms with Gasteiger partial charge in [0.1, 0.15) is 6.04 Å². The maximum absolute atomic E-state index is 13.8. The lowest BCUT2D eigenvalue weighted by Crippen LogP contribution is -2.50. The van der Waals surface area contributed by atoms with Crippen LogP contribution >= 0.6 is 11.3 Å². The monoisotopic (exact) mass is 663 g/mol. The fourth-order valence-electron chi connectivity index (χ4n) is 5.25. The highest BCUT2D eigenvalue weighted by atomic mass is 32.2. The van der Waals surface area contributed by atoms with E-state index >= 15 is 0 Å². The first-order valence-corrected chi connectivity index (χ1v) is 17.4. The van der Waals surface area contributed by atoms with Crippen LogP contribution in [0.5, 0.6) is 0 Å². The number of amides is 2. The number of alkyl carbamates (subject to hydrolysis) is 1. The molecule has 2 atom stereocenters. The number of sulfonamides is 1. The molecular formula is C35H41N3O6S2. The highest BCUT2D eigenvalue weighted by Crippen LogP contribution is 2.32. The van der Waals surface area contributed by atoms with Crippen LogP contribution in [0, 0.1) is 5.92 Å². The third-order valence-electron chi connectivity index (χ3n) is 7.68. The molecule has 0 bridgehead atoms. The SMILES string of the molecule is COC(=O)NC(C(=O)NCc1cc(C(CO)N(CCC(C)C)S(=O)(=O)c2ccccc2)cs1)C(c1ccccc1)c1ccccc1. The summed E-state index contributed by atoms with van der Waals surface area (Å²) < 4.78 is 33.7. The van der Waals surface area contributed by atoms with Gasteiger partial charge < -0.3 is 20.5 Å². The minimum Gasteiger partial charge on any atom is -0.453 e. The molecule has 1 aromatic heterocycles. The number of ether oxygens (including phenoxy) is 1. The first-order valence-electron chi connectivity index (χ1n) is 15.1. The number of nitrogens with zero attached hydrogens (tertiary/aromatic N) is 1. The summed E-state index contributed by atoms with van der Waals surface area (Å²) in [4.78, 5) is 27.1. The van der Waals surface area contributed by atoms with Crippen LogP contribution in [0.1, 0.15) is 53.8 Å². The molecular weight excluding hydrogens is 623 g/mol. The van der Waals surface area contributed by atoms with Gasteiger partial charge >= 0.3 is 6.09 Å². The van der Waals surface area contributed by atoms with Crippen LogP contribution < -0.4 is 10.6 Å². The molecule has 244 valence electrons. The average molecular weight is 664 g/mol. The molecule has 0 fully saturated rings. The Morgan fingerprint density at radius 3 is 1.98 bits per heavy atom. The molecule has 2 amide bonds. The minimum absolute atomic E-state index is 0.134. The topological polar surface area (TPSA) is 125 Å². The van der Waals surface area contributed by atoms with Crippen LogP contribution in [0.15, 0.2) is 107 Å². The number of aliphatic hydroxyl groups is 1. The zero-order chi connectivity index (χ0) is 33.1. The van der Waals surface area contributed by atoms with Gasteiger partial charge in [-0.15, -0.1) is 11.3 Å². The van der Waals surface area contributed by atoms with Crippen molar-refractivity contribution < 1.29 is 27.9 Å². The first-order chi connectivity index (χ1) is 22.1. The zero-order valence-electron chi connectivity index (χ0n) is 26.2. The molecule has 0 aliphatic heterocycles. The van der Waals surface area contributed by atoms with Crippen LogP contribution in [-0.2, 0) is 26.1 Å². The quantitative estimate of drug-likeness (QED) is 0.150. The van der Waals surface area contributed by atoms with Crippen LogP contribution in [0.3, 0.4) is 0 Å². The molecule has 4 aromatic rings. The predicted molar refractivity (Wildman–Crippen MR) is 180 cm³/mol. The van der Waals surface area contributed by atoms with Crippen molar-refractivity contribution in [1.29, 1.82) is 0 Å². The molecule has 2 unspecified atom stereocenters. The maximum Gasteiger partial charge on any atom is 0.407 e. The third kappa shape index (κ3) is 8.82. The van der Waals surface area contributed by atoms with Gasteiger partial charge in [0.2, 0.25) is 15.9 Å². The second-order valence-electron chi connectivity index (χ2n) is 11.3. The number of aliphatic hydroxyl groups excluding tert-OH is 1. The summed E-state index contributed by atoms with van der Waals surface area (Å²) in [7, 11) is -2.66. The highest BCUT2D eigenvalue weighted by Gasteiger charge is 2.34. The predicted octanol–water partition coefficient (Wildman–Crippen LogP) is 5.69. The standard InChI is InChI=1S/C35H41N3O6S2/c1-25(2)19-20-38(46(42,43)30-17-11-6-12-18-30)31(23-39)28-21-29(45-24-28)22-36-34(40)33(37-35(41)44-3)32(26-13-7-4-8-14-26)27-15-9-5-10-16-27/h4-18,21,24-25,31-33,39H,19-20,22-23H2,1-3H3,(H,36,40)(H,37,41). The second kappa shape index (κ2) is 16.5. The number of hydrogen-bond acceptors (Lipinski definition) is 7. The van der Waals surface area contributed by atoms with Gasteiger partial charge in [0.25, 0.3) is 0 Å². The van der Waals surface area contributed by atoms with Crippen molar-refractivity contribution in [3.63, 3.8) is 0 Å². The molecule has 0 radical (unpaired) electrons. The van der Waals surface area contributed by atoms with Crippen LogP contribution in [-0.4, -0.2) is 56.1 Å². The Kier molecular flexibility index (Phi) is 12.5. The van der Waals surface area contributed by atoms with E-state index in [4.69, 9.17) is 4.74 Å². The van der Waals surface area contributed by atoms with E-state index in [9.17, 15) is 23.1 Å². The highest BCUT2D eigenvalue weighted by molar-refractivity contribution is 7.89. The second-order valence-corrected chi connectivity index (χ2v) is 14.2. The van der Waals surface area contributed by atoms with Crippen molar-refractivity contribution in [1.82, 2.24) is 14.9 Å². The van der Waals surface area contributed by atoms with Gasteiger partial charge in [0, 0.05) is 17.3 Å². The van der Waals surface area contributed by atoms with Crippen LogP contribution in [0.2, 0.25) is 0 Å². The van der Waals surface area contributed by atoms with E-state index in [-0.39, 0.29) is 23.9 Å². The molecule has 3 aromatic carbocycles. The summed E-state index contributed by atoms with van der Waals surface area (Å²) in [6, 6.07) is 27.2. The molecule has 0 saturated heterocycles. The van der Waals surface area contributed by atoms with Crippen molar-refractivity contribution in [2.45, 2.75) is 49.7 Å². The summed E-state index contributed by atoms with van der Waals surface area (Å²) in [5, 5.41) is 18.0. The minimum atomic E-state index is -3.90. The van der Waals surface area contributed by atoms with E-state index in [0.717, 1.165) is 16.0 Å². The Morgan fingerprint density at radius 1 is 0.891 bits per heavy atom. The molecule has 1 heterocycles. The van der Waals surface area contributed by atoms with Crippen LogP contribution in [0.25, 0.3) is 0 Å². The van der Waals surface area contributed by atoms with Crippen molar-refractivity contribution in [3.05, 3.63) is 124 Å². The number of benzene rings is 3. The van der Waals surface area contributed by atoms with E-state index < -0.39 is 46.6 Å². The molecule has 0 aliphatic carbocycles. The largest absolute Gasteiger partial charge is 0.453 e. The summed E-state index contributed by atoms with van der Waals surface area (Å²) in [6.07, 6.45) is -0.115. The Balaban J connectivity index is 1.58. The molecule has 3 N–H and O–H groups in total. The number of carbonyl (C=O) groups excluding carboxylic acids is 2. The lowest BCUT2D eigenvalue weighted by Gasteiger charge is -2.30. The molecule has 11 heteroatoms. The van der Waals surface area contributed by atoms with Crippen molar-refractivity contribution in [2.24, 2.45) is 5.92 Å². The zero-order valence-corrected chi connectivity index (χ0v) is 27.8. The smallest absolute Gasteiger partial charge is 0.407 e. The van der Waals surface area contributed by atoms with E-state index in [0.29, 0.717) is 12.0 Å². The molecule has 0 aliphatic rings. The van der Waals surface area contributed by atoms with E-state index in [2.05, 4.69) is 10.6 Å². The molecule has 9 nitrogen and oxygen atoms in total. The summed E-state index contributed by atoms with van der Waals surface area (Å²) in [5.74, 6) is -0.665. The summed E-state index contributed by atoms with van der Waals surface area (Å²) in [5.41, 5.74) is 2.32. The summed E-state index contributed by atoms with van der Waals surface area (Å²) in [6.45, 7) is 4.01. The van der Waals surface area contributed by atoms with E-state index in [1.165, 1.54) is 22.8 Å². The molecule has 46 heavy (non-hydrogen) atoms. The number of rotatable bonds is 15. The maximum atomic E-state index is 13.8. The lowest BCUT2D eigenvalue weighted by molar-refractivity contribution is -0.123. The van der Waals surface area contributed by atoms with Gasteiger partial charge in [-0.2, -0.15) is 4.31 Å². The number of hydrogen-bond donors (Lipinski definition) is 3. The van der Waals surface area contributed by atoms with Gasteiger partial charge in [-0.3, -0.25) is 4.79 Å². The number of nitrogens with one attached hydrogen (secondary N) is 2. The van der Waals surface area contributed by atoms with Crippen molar-refractivity contribution in [2.75, 3.05) is 20.3 Å². The van der Waals surface area contributed by atoms with Crippen molar-refractivity contribution >= 4 is 33.4 Å². The average Bonchev–Trinajstić information content (AvgIpc) is 3.55. The third-order valence-corrected chi connectivity index (χ3v) is 10.6. The normalized spacial score (nSPS) is 13.0. The summed E-state index contributed by atoms with van der Waals surface area (Å²) >= 11 is 1.36. The number of carbonyl (C=O) groups is 2. The van der Waals surface area contributed by atoms with Gasteiger partial charge in [-0.1, -0.05) is 92.7 Å². The molecule has 0 spiro atoms. The van der Waals surface area contributed by atoms with E-state index in [1.54, 1.807) is 30.3 Å².